The summed E-state index contributed by atoms with van der Waals surface area (Å²) in [5.74, 6) is 1.12. The van der Waals surface area contributed by atoms with Crippen LogP contribution < -0.4 is 0 Å². The molecule has 0 aliphatic carbocycles. The maximum Gasteiger partial charge on any atom is 0.233 e. The van der Waals surface area contributed by atoms with Crippen LogP contribution in [0.3, 0.4) is 0 Å². The molecule has 2 rings (SSSR count). The molecule has 0 N–H and O–H groups in total. The van der Waals surface area contributed by atoms with E-state index in [-0.39, 0.29) is 11.3 Å². The first kappa shape index (κ1) is 22.0. The SMILES string of the molecule is CCN(CCC#N)C(=O)CSc1nnc(-c2ccc(C(C)(C)C)cc2)n1CC. The van der Waals surface area contributed by atoms with E-state index in [0.717, 1.165) is 23.1 Å². The summed E-state index contributed by atoms with van der Waals surface area (Å²) >= 11 is 1.40. The Morgan fingerprint density at radius 1 is 1.21 bits per heavy atom. The third kappa shape index (κ3) is 5.35. The van der Waals surface area contributed by atoms with E-state index in [4.69, 9.17) is 5.26 Å². The molecule has 0 aliphatic heterocycles. The number of hydrogen-bond donors (Lipinski definition) is 0. The molecule has 0 fully saturated rings. The molecule has 0 unspecified atom stereocenters. The Labute approximate surface area is 171 Å². The van der Waals surface area contributed by atoms with Crippen molar-refractivity contribution in [1.82, 2.24) is 19.7 Å². The first-order valence-corrected chi connectivity index (χ1v) is 10.6. The second-order valence-corrected chi connectivity index (χ2v) is 8.49. The van der Waals surface area contributed by atoms with Gasteiger partial charge in [-0.3, -0.25) is 4.79 Å². The zero-order valence-electron chi connectivity index (χ0n) is 17.4. The summed E-state index contributed by atoms with van der Waals surface area (Å²) < 4.78 is 2.04. The van der Waals surface area contributed by atoms with Crippen molar-refractivity contribution in [3.8, 4) is 17.5 Å². The first-order chi connectivity index (χ1) is 13.3. The average molecular weight is 400 g/mol. The summed E-state index contributed by atoms with van der Waals surface area (Å²) in [4.78, 5) is 14.1. The number of benzene rings is 1. The van der Waals surface area contributed by atoms with Gasteiger partial charge in [0.2, 0.25) is 5.91 Å². The number of amides is 1. The van der Waals surface area contributed by atoms with Crippen molar-refractivity contribution in [2.24, 2.45) is 0 Å². The summed E-state index contributed by atoms with van der Waals surface area (Å²) in [7, 11) is 0. The highest BCUT2D eigenvalue weighted by Crippen LogP contribution is 2.27. The molecule has 28 heavy (non-hydrogen) atoms. The van der Waals surface area contributed by atoms with Gasteiger partial charge in [-0.2, -0.15) is 5.26 Å². The predicted octanol–water partition coefficient (Wildman–Crippen LogP) is 4.12. The van der Waals surface area contributed by atoms with E-state index >= 15 is 0 Å². The summed E-state index contributed by atoms with van der Waals surface area (Å²) in [6.45, 7) is 12.4. The van der Waals surface area contributed by atoms with Crippen molar-refractivity contribution in [2.45, 2.75) is 58.2 Å². The molecule has 0 spiro atoms. The Bertz CT molecular complexity index is 830. The number of aromatic nitrogens is 3. The molecular weight excluding hydrogens is 370 g/mol. The minimum Gasteiger partial charge on any atom is -0.341 e. The molecule has 0 saturated heterocycles. The van der Waals surface area contributed by atoms with Gasteiger partial charge in [0.1, 0.15) is 0 Å². The molecule has 0 atom stereocenters. The zero-order chi connectivity index (χ0) is 20.7. The number of nitrogens with zero attached hydrogens (tertiary/aromatic N) is 5. The molecule has 6 nitrogen and oxygen atoms in total. The van der Waals surface area contributed by atoms with Gasteiger partial charge in [0.05, 0.1) is 18.2 Å². The van der Waals surface area contributed by atoms with Gasteiger partial charge in [0.15, 0.2) is 11.0 Å². The summed E-state index contributed by atoms with van der Waals surface area (Å²) in [5.41, 5.74) is 2.40. The lowest BCUT2D eigenvalue weighted by atomic mass is 9.87. The van der Waals surface area contributed by atoms with Crippen LogP contribution in [-0.2, 0) is 16.8 Å². The number of hydrogen-bond acceptors (Lipinski definition) is 5. The fourth-order valence-electron chi connectivity index (χ4n) is 2.88. The lowest BCUT2D eigenvalue weighted by molar-refractivity contribution is -0.128. The van der Waals surface area contributed by atoms with Gasteiger partial charge < -0.3 is 9.47 Å². The maximum atomic E-state index is 12.4. The lowest BCUT2D eigenvalue weighted by Crippen LogP contribution is -2.33. The molecular formula is C21H29N5OS. The molecule has 0 saturated carbocycles. The van der Waals surface area contributed by atoms with E-state index in [1.807, 2.05) is 18.4 Å². The van der Waals surface area contributed by atoms with Crippen LogP contribution in [-0.4, -0.2) is 44.4 Å². The van der Waals surface area contributed by atoms with Gasteiger partial charge in [-0.05, 0) is 24.8 Å². The smallest absolute Gasteiger partial charge is 0.233 e. The highest BCUT2D eigenvalue weighted by Gasteiger charge is 2.18. The minimum absolute atomic E-state index is 0.0180. The van der Waals surface area contributed by atoms with Crippen molar-refractivity contribution in [1.29, 1.82) is 5.26 Å². The van der Waals surface area contributed by atoms with E-state index < -0.39 is 0 Å². The molecule has 0 aliphatic rings. The Balaban J connectivity index is 2.13. The molecule has 1 amide bonds. The monoisotopic (exact) mass is 399 g/mol. The molecule has 1 heterocycles. The van der Waals surface area contributed by atoms with Crippen molar-refractivity contribution in [2.75, 3.05) is 18.8 Å². The highest BCUT2D eigenvalue weighted by atomic mass is 32.2. The van der Waals surface area contributed by atoms with Gasteiger partial charge in [-0.25, -0.2) is 0 Å². The number of carbonyl (C=O) groups is 1. The predicted molar refractivity (Wildman–Crippen MR) is 113 cm³/mol. The van der Waals surface area contributed by atoms with Crippen LogP contribution in [0.1, 0.15) is 46.6 Å². The van der Waals surface area contributed by atoms with Crippen LogP contribution in [0.4, 0.5) is 0 Å². The van der Waals surface area contributed by atoms with Gasteiger partial charge >= 0.3 is 0 Å². The summed E-state index contributed by atoms with van der Waals surface area (Å²) in [6, 6.07) is 10.5. The van der Waals surface area contributed by atoms with Crippen LogP contribution in [0, 0.1) is 11.3 Å². The fourth-order valence-corrected chi connectivity index (χ4v) is 3.78. The van der Waals surface area contributed by atoms with Crippen molar-refractivity contribution in [3.05, 3.63) is 29.8 Å². The van der Waals surface area contributed by atoms with E-state index in [1.54, 1.807) is 4.90 Å². The van der Waals surface area contributed by atoms with E-state index in [9.17, 15) is 4.79 Å². The third-order valence-electron chi connectivity index (χ3n) is 4.59. The molecule has 150 valence electrons. The lowest BCUT2D eigenvalue weighted by Gasteiger charge is -2.19. The second kappa shape index (κ2) is 9.74. The quantitative estimate of drug-likeness (QED) is 0.624. The number of carbonyl (C=O) groups excluding carboxylic acids is 1. The normalized spacial score (nSPS) is 11.3. The molecule has 2 aromatic rings. The molecule has 1 aromatic heterocycles. The Morgan fingerprint density at radius 3 is 2.43 bits per heavy atom. The Morgan fingerprint density at radius 2 is 1.89 bits per heavy atom. The van der Waals surface area contributed by atoms with Crippen molar-refractivity contribution in [3.63, 3.8) is 0 Å². The van der Waals surface area contributed by atoms with Crippen LogP contribution in [0.15, 0.2) is 29.4 Å². The van der Waals surface area contributed by atoms with Crippen LogP contribution in [0.25, 0.3) is 11.4 Å². The minimum atomic E-state index is 0.0180. The fraction of sp³-hybridized carbons (Fsp3) is 0.524. The third-order valence-corrected chi connectivity index (χ3v) is 5.55. The average Bonchev–Trinajstić information content (AvgIpc) is 3.09. The summed E-state index contributed by atoms with van der Waals surface area (Å²) in [5, 5.41) is 18.1. The molecule has 1 aromatic carbocycles. The van der Waals surface area contributed by atoms with E-state index in [1.165, 1.54) is 17.3 Å². The topological polar surface area (TPSA) is 74.8 Å². The Kier molecular flexibility index (Phi) is 7.64. The van der Waals surface area contributed by atoms with E-state index in [2.05, 4.69) is 61.3 Å². The van der Waals surface area contributed by atoms with Crippen LogP contribution in [0.2, 0.25) is 0 Å². The number of rotatable bonds is 8. The maximum absolute atomic E-state index is 12.4. The van der Waals surface area contributed by atoms with Crippen molar-refractivity contribution >= 4 is 17.7 Å². The number of thioether (sulfide) groups is 1. The number of nitriles is 1. The summed E-state index contributed by atoms with van der Waals surface area (Å²) in [6.07, 6.45) is 0.351. The van der Waals surface area contributed by atoms with Crippen LogP contribution in [0.5, 0.6) is 0 Å². The van der Waals surface area contributed by atoms with Gasteiger partial charge in [-0.1, -0.05) is 56.8 Å². The van der Waals surface area contributed by atoms with E-state index in [0.29, 0.717) is 25.3 Å². The van der Waals surface area contributed by atoms with Gasteiger partial charge in [-0.15, -0.1) is 10.2 Å². The molecule has 0 radical (unpaired) electrons. The second-order valence-electron chi connectivity index (χ2n) is 7.55. The zero-order valence-corrected chi connectivity index (χ0v) is 18.2. The van der Waals surface area contributed by atoms with Crippen molar-refractivity contribution < 1.29 is 4.79 Å². The van der Waals surface area contributed by atoms with Gasteiger partial charge in [0, 0.05) is 25.2 Å². The van der Waals surface area contributed by atoms with Gasteiger partial charge in [0.25, 0.3) is 0 Å². The first-order valence-electron chi connectivity index (χ1n) is 9.63. The molecule has 7 heteroatoms. The standard InChI is InChI=1S/C21H29N5OS/c1-6-25(14-8-13-22)18(27)15-28-20-24-23-19(26(20)7-2)16-9-11-17(12-10-16)21(3,4)5/h9-12H,6-8,14-15H2,1-5H3. The molecule has 0 bridgehead atoms. The Hall–Kier alpha value is -2.33. The largest absolute Gasteiger partial charge is 0.341 e. The highest BCUT2D eigenvalue weighted by molar-refractivity contribution is 7.99. The van der Waals surface area contributed by atoms with Crippen LogP contribution >= 0.6 is 11.8 Å².